The minimum absolute atomic E-state index is 0.116. The quantitative estimate of drug-likeness (QED) is 0.752. The lowest BCUT2D eigenvalue weighted by atomic mass is 10.1. The zero-order valence-corrected chi connectivity index (χ0v) is 12.4. The van der Waals surface area contributed by atoms with Crippen molar-refractivity contribution in [2.24, 2.45) is 7.05 Å². The van der Waals surface area contributed by atoms with Gasteiger partial charge in [-0.3, -0.25) is 4.68 Å². The van der Waals surface area contributed by atoms with E-state index in [2.05, 4.69) is 5.10 Å². The van der Waals surface area contributed by atoms with Gasteiger partial charge in [-0.25, -0.2) is 9.18 Å². The molecule has 2 aromatic carbocycles. The summed E-state index contributed by atoms with van der Waals surface area (Å²) in [5, 5.41) is 14.1. The summed E-state index contributed by atoms with van der Waals surface area (Å²) < 4.78 is 25.7. The lowest BCUT2D eigenvalue weighted by Crippen LogP contribution is -2.04. The Morgan fingerprint density at radius 1 is 1.26 bits per heavy atom. The number of aryl methyl sites for hydroxylation is 1. The molecule has 0 aliphatic rings. The number of hydrogen-bond donors (Lipinski definition) is 1. The summed E-state index contributed by atoms with van der Waals surface area (Å²) in [5.74, 6) is -1.55. The number of rotatable bonds is 3. The van der Waals surface area contributed by atoms with Gasteiger partial charge in [-0.15, -0.1) is 0 Å². The van der Waals surface area contributed by atoms with Crippen molar-refractivity contribution in [1.82, 2.24) is 9.78 Å². The van der Waals surface area contributed by atoms with Crippen LogP contribution in [0.2, 0.25) is 0 Å². The van der Waals surface area contributed by atoms with Crippen molar-refractivity contribution in [2.45, 2.75) is 0 Å². The molecule has 1 N–H and O–H groups in total. The number of esters is 1. The van der Waals surface area contributed by atoms with Crippen LogP contribution in [0.4, 0.5) is 4.39 Å². The van der Waals surface area contributed by atoms with E-state index < -0.39 is 11.8 Å². The maximum atomic E-state index is 13.9. The highest BCUT2D eigenvalue weighted by Gasteiger charge is 2.18. The summed E-state index contributed by atoms with van der Waals surface area (Å²) in [6, 6.07) is 6.65. The van der Waals surface area contributed by atoms with Gasteiger partial charge in [0.1, 0.15) is 17.1 Å². The number of carbonyl (C=O) groups excluding carboxylic acids is 1. The number of carbonyl (C=O) groups is 1. The third-order valence-electron chi connectivity index (χ3n) is 3.39. The van der Waals surface area contributed by atoms with Crippen LogP contribution in [-0.4, -0.2) is 28.0 Å². The van der Waals surface area contributed by atoms with Crippen LogP contribution in [0.5, 0.6) is 17.2 Å². The number of nitrogens with zero attached hydrogens (tertiary/aromatic N) is 2. The summed E-state index contributed by atoms with van der Waals surface area (Å²) >= 11 is 0. The molecule has 3 rings (SSSR count). The molecular weight excluding hydrogens is 303 g/mol. The van der Waals surface area contributed by atoms with Gasteiger partial charge in [0.2, 0.25) is 0 Å². The number of benzene rings is 2. The van der Waals surface area contributed by atoms with E-state index in [0.29, 0.717) is 5.52 Å². The summed E-state index contributed by atoms with van der Waals surface area (Å²) in [6.45, 7) is 0. The highest BCUT2D eigenvalue weighted by atomic mass is 19.1. The van der Waals surface area contributed by atoms with Crippen molar-refractivity contribution in [2.75, 3.05) is 7.11 Å². The zero-order chi connectivity index (χ0) is 16.6. The van der Waals surface area contributed by atoms with Crippen molar-refractivity contribution in [3.8, 4) is 17.2 Å². The molecule has 0 radical (unpaired) electrons. The van der Waals surface area contributed by atoms with Gasteiger partial charge in [0.25, 0.3) is 0 Å². The smallest absolute Gasteiger partial charge is 0.341 e. The van der Waals surface area contributed by atoms with E-state index in [1.807, 2.05) is 0 Å². The third-order valence-corrected chi connectivity index (χ3v) is 3.39. The summed E-state index contributed by atoms with van der Waals surface area (Å²) in [6.07, 6.45) is 1.60. The van der Waals surface area contributed by atoms with Crippen LogP contribution in [0.15, 0.2) is 36.5 Å². The first-order valence-corrected chi connectivity index (χ1v) is 6.70. The van der Waals surface area contributed by atoms with Gasteiger partial charge in [0, 0.05) is 24.6 Å². The zero-order valence-electron chi connectivity index (χ0n) is 12.4. The number of phenolic OH excluding ortho intramolecular Hbond substituents is 1. The first-order chi connectivity index (χ1) is 11.0. The van der Waals surface area contributed by atoms with E-state index in [0.717, 1.165) is 11.5 Å². The van der Waals surface area contributed by atoms with E-state index in [4.69, 9.17) is 9.47 Å². The number of halogens is 1. The SMILES string of the molecule is COC(=O)c1cc2cnn(C)c2cc1Oc1ccc(O)cc1F. The standard InChI is InChI=1S/C16H13FN2O4/c1-19-13-7-15(23-14-4-3-10(20)6-12(14)17)11(16(21)22-2)5-9(13)8-18-19/h3-8,20H,1-2H3. The average Bonchev–Trinajstić information content (AvgIpc) is 2.89. The largest absolute Gasteiger partial charge is 0.508 e. The topological polar surface area (TPSA) is 73.6 Å². The fourth-order valence-electron chi connectivity index (χ4n) is 2.23. The number of aromatic hydroxyl groups is 1. The van der Waals surface area contributed by atoms with Gasteiger partial charge >= 0.3 is 5.97 Å². The molecule has 0 saturated carbocycles. The van der Waals surface area contributed by atoms with Gasteiger partial charge in [-0.2, -0.15) is 5.10 Å². The molecule has 3 aromatic rings. The Kier molecular flexibility index (Phi) is 3.61. The Balaban J connectivity index is 2.13. The van der Waals surface area contributed by atoms with Crippen LogP contribution in [-0.2, 0) is 11.8 Å². The van der Waals surface area contributed by atoms with Crippen molar-refractivity contribution in [1.29, 1.82) is 0 Å². The monoisotopic (exact) mass is 316 g/mol. The van der Waals surface area contributed by atoms with Gasteiger partial charge in [-0.1, -0.05) is 0 Å². The van der Waals surface area contributed by atoms with Crippen LogP contribution in [0.3, 0.4) is 0 Å². The normalized spacial score (nSPS) is 10.7. The highest BCUT2D eigenvalue weighted by Crippen LogP contribution is 2.32. The maximum absolute atomic E-state index is 13.9. The Labute approximate surface area is 130 Å². The van der Waals surface area contributed by atoms with Gasteiger partial charge in [0.05, 0.1) is 18.8 Å². The van der Waals surface area contributed by atoms with E-state index in [9.17, 15) is 14.3 Å². The Morgan fingerprint density at radius 2 is 2.04 bits per heavy atom. The number of aromatic nitrogens is 2. The second kappa shape index (κ2) is 5.60. The molecule has 0 spiro atoms. The number of phenols is 1. The molecule has 0 amide bonds. The molecule has 118 valence electrons. The number of fused-ring (bicyclic) bond motifs is 1. The second-order valence-corrected chi connectivity index (χ2v) is 4.88. The molecule has 0 atom stereocenters. The molecule has 0 bridgehead atoms. The predicted octanol–water partition coefficient (Wildman–Crippen LogP) is 3.00. The molecule has 7 heteroatoms. The van der Waals surface area contributed by atoms with Crippen LogP contribution >= 0.6 is 0 Å². The molecular formula is C16H13FN2O4. The summed E-state index contributed by atoms with van der Waals surface area (Å²) in [5.41, 5.74) is 0.868. The number of methoxy groups -OCH3 is 1. The van der Waals surface area contributed by atoms with Crippen LogP contribution in [0, 0.1) is 5.82 Å². The Morgan fingerprint density at radius 3 is 2.74 bits per heavy atom. The van der Waals surface area contributed by atoms with Crippen molar-refractivity contribution < 1.29 is 23.8 Å². The summed E-state index contributed by atoms with van der Waals surface area (Å²) in [4.78, 5) is 12.0. The third kappa shape index (κ3) is 2.68. The van der Waals surface area contributed by atoms with Crippen LogP contribution < -0.4 is 4.74 Å². The van der Waals surface area contributed by atoms with E-state index in [1.54, 1.807) is 30.1 Å². The van der Waals surface area contributed by atoms with E-state index >= 15 is 0 Å². The molecule has 0 aliphatic heterocycles. The molecule has 1 aromatic heterocycles. The highest BCUT2D eigenvalue weighted by molar-refractivity contribution is 5.97. The van der Waals surface area contributed by atoms with E-state index in [-0.39, 0.29) is 22.8 Å². The first kappa shape index (κ1) is 14.8. The van der Waals surface area contributed by atoms with Crippen molar-refractivity contribution >= 4 is 16.9 Å². The fourth-order valence-corrected chi connectivity index (χ4v) is 2.23. The van der Waals surface area contributed by atoms with E-state index in [1.165, 1.54) is 19.2 Å². The number of hydrogen-bond acceptors (Lipinski definition) is 5. The summed E-state index contributed by atoms with van der Waals surface area (Å²) in [7, 11) is 2.99. The second-order valence-electron chi connectivity index (χ2n) is 4.88. The van der Waals surface area contributed by atoms with Gasteiger partial charge < -0.3 is 14.6 Å². The van der Waals surface area contributed by atoms with Crippen LogP contribution in [0.25, 0.3) is 10.9 Å². The minimum Gasteiger partial charge on any atom is -0.508 e. The molecule has 0 aliphatic carbocycles. The van der Waals surface area contributed by atoms with Gasteiger partial charge in [-0.05, 0) is 18.2 Å². The Bertz CT molecular complexity index is 904. The number of ether oxygens (including phenoxy) is 2. The molecule has 0 fully saturated rings. The van der Waals surface area contributed by atoms with Crippen molar-refractivity contribution in [3.63, 3.8) is 0 Å². The molecule has 0 unspecified atom stereocenters. The molecule has 23 heavy (non-hydrogen) atoms. The molecule has 0 saturated heterocycles. The lowest BCUT2D eigenvalue weighted by molar-refractivity contribution is 0.0598. The average molecular weight is 316 g/mol. The fraction of sp³-hybridized carbons (Fsp3) is 0.125. The molecule has 6 nitrogen and oxygen atoms in total. The van der Waals surface area contributed by atoms with Crippen LogP contribution in [0.1, 0.15) is 10.4 Å². The first-order valence-electron chi connectivity index (χ1n) is 6.70. The Hall–Kier alpha value is -3.09. The van der Waals surface area contributed by atoms with Crippen molar-refractivity contribution in [3.05, 3.63) is 47.9 Å². The molecule has 1 heterocycles. The lowest BCUT2D eigenvalue weighted by Gasteiger charge is -2.11. The maximum Gasteiger partial charge on any atom is 0.341 e. The minimum atomic E-state index is -0.745. The predicted molar refractivity (Wildman–Crippen MR) is 80.2 cm³/mol. The van der Waals surface area contributed by atoms with Gasteiger partial charge in [0.15, 0.2) is 11.6 Å².